The van der Waals surface area contributed by atoms with Gasteiger partial charge >= 0.3 is 0 Å². The average Bonchev–Trinajstić information content (AvgIpc) is 2.97. The number of amides is 1. The van der Waals surface area contributed by atoms with Crippen LogP contribution in [0.5, 0.6) is 5.75 Å². The summed E-state index contributed by atoms with van der Waals surface area (Å²) in [5.41, 5.74) is 9.30. The van der Waals surface area contributed by atoms with Crippen LogP contribution < -0.4 is 10.5 Å². The summed E-state index contributed by atoms with van der Waals surface area (Å²) in [5, 5.41) is 0.588. The van der Waals surface area contributed by atoms with E-state index in [9.17, 15) is 9.18 Å². The number of hydrogen-bond donors (Lipinski definition) is 1. The summed E-state index contributed by atoms with van der Waals surface area (Å²) >= 11 is 0. The van der Waals surface area contributed by atoms with Crippen LogP contribution in [0, 0.1) is 5.82 Å². The van der Waals surface area contributed by atoms with Gasteiger partial charge in [-0.3, -0.25) is 4.79 Å². The molecule has 3 aromatic rings. The number of para-hydroxylation sites is 1. The van der Waals surface area contributed by atoms with Gasteiger partial charge < -0.3 is 15.4 Å². The molecule has 0 unspecified atom stereocenters. The summed E-state index contributed by atoms with van der Waals surface area (Å²) < 4.78 is 20.4. The molecule has 1 aliphatic heterocycles. The number of hydrogen-bond acceptors (Lipinski definition) is 4. The highest BCUT2D eigenvalue weighted by molar-refractivity contribution is 6.11. The summed E-state index contributed by atoms with van der Waals surface area (Å²) in [7, 11) is 1.55. The number of carbonyl (C=O) groups excluding carboxylic acids is 1. The molecule has 1 amide bonds. The molecule has 0 bridgehead atoms. The van der Waals surface area contributed by atoms with Gasteiger partial charge in [0.15, 0.2) is 0 Å². The van der Waals surface area contributed by atoms with Gasteiger partial charge in [-0.25, -0.2) is 9.37 Å². The number of nitrogens with zero attached hydrogens (tertiary/aromatic N) is 2. The van der Waals surface area contributed by atoms with Gasteiger partial charge in [-0.15, -0.1) is 0 Å². The van der Waals surface area contributed by atoms with Crippen LogP contribution in [0.4, 0.5) is 10.1 Å². The summed E-state index contributed by atoms with van der Waals surface area (Å²) in [6.45, 7) is 0.431. The maximum absolute atomic E-state index is 14.9. The minimum atomic E-state index is -0.399. The van der Waals surface area contributed by atoms with Crippen molar-refractivity contribution in [2.75, 3.05) is 12.8 Å². The predicted molar refractivity (Wildman–Crippen MR) is 106 cm³/mol. The molecule has 0 saturated heterocycles. The van der Waals surface area contributed by atoms with E-state index in [-0.39, 0.29) is 11.9 Å². The Morgan fingerprint density at radius 3 is 2.68 bits per heavy atom. The number of pyridine rings is 1. The highest BCUT2D eigenvalue weighted by Crippen LogP contribution is 2.41. The smallest absolute Gasteiger partial charge is 0.258 e. The third-order valence-corrected chi connectivity index (χ3v) is 5.91. The fourth-order valence-electron chi connectivity index (χ4n) is 4.21. The third kappa shape index (κ3) is 2.30. The molecule has 1 fully saturated rings. The lowest BCUT2D eigenvalue weighted by Crippen LogP contribution is -2.40. The summed E-state index contributed by atoms with van der Waals surface area (Å²) in [4.78, 5) is 19.5. The molecule has 0 atom stereocenters. The Morgan fingerprint density at radius 1 is 1.18 bits per heavy atom. The predicted octanol–water partition coefficient (Wildman–Crippen LogP) is 4.14. The van der Waals surface area contributed by atoms with Gasteiger partial charge in [0, 0.05) is 22.6 Å². The summed E-state index contributed by atoms with van der Waals surface area (Å²) in [6.07, 6.45) is 3.17. The Balaban J connectivity index is 1.75. The number of halogens is 1. The maximum Gasteiger partial charge on any atom is 0.258 e. The van der Waals surface area contributed by atoms with Crippen molar-refractivity contribution >= 4 is 22.5 Å². The van der Waals surface area contributed by atoms with Crippen molar-refractivity contribution in [1.29, 1.82) is 0 Å². The van der Waals surface area contributed by atoms with Crippen LogP contribution in [0.1, 0.15) is 35.3 Å². The number of rotatable bonds is 3. The molecule has 2 heterocycles. The van der Waals surface area contributed by atoms with Crippen molar-refractivity contribution in [3.63, 3.8) is 0 Å². The van der Waals surface area contributed by atoms with E-state index in [0.29, 0.717) is 51.3 Å². The van der Waals surface area contributed by atoms with Crippen LogP contribution >= 0.6 is 0 Å². The molecule has 5 rings (SSSR count). The van der Waals surface area contributed by atoms with E-state index in [2.05, 4.69) is 0 Å². The minimum absolute atomic E-state index is 0.0604. The number of aromatic nitrogens is 1. The van der Waals surface area contributed by atoms with Crippen LogP contribution in [0.25, 0.3) is 22.0 Å². The second-order valence-corrected chi connectivity index (χ2v) is 7.38. The fraction of sp³-hybridized carbons (Fsp3) is 0.273. The second-order valence-electron chi connectivity index (χ2n) is 7.38. The lowest BCUT2D eigenvalue weighted by molar-refractivity contribution is 0.0606. The quantitative estimate of drug-likeness (QED) is 0.745. The van der Waals surface area contributed by atoms with E-state index in [0.717, 1.165) is 19.3 Å². The van der Waals surface area contributed by atoms with Crippen LogP contribution in [0.2, 0.25) is 0 Å². The monoisotopic (exact) mass is 377 g/mol. The normalized spacial score (nSPS) is 16.4. The van der Waals surface area contributed by atoms with Crippen molar-refractivity contribution < 1.29 is 13.9 Å². The first kappa shape index (κ1) is 17.0. The Hall–Kier alpha value is -3.15. The molecule has 1 aliphatic carbocycles. The summed E-state index contributed by atoms with van der Waals surface area (Å²) in [6, 6.07) is 10.5. The molecular formula is C22H20FN3O2. The van der Waals surface area contributed by atoms with Gasteiger partial charge in [0.1, 0.15) is 11.6 Å². The highest BCUT2D eigenvalue weighted by atomic mass is 19.1. The zero-order valence-corrected chi connectivity index (χ0v) is 15.5. The molecule has 1 aromatic heterocycles. The van der Waals surface area contributed by atoms with Crippen LogP contribution in [0.3, 0.4) is 0 Å². The molecule has 0 spiro atoms. The van der Waals surface area contributed by atoms with Crippen molar-refractivity contribution in [3.8, 4) is 16.9 Å². The van der Waals surface area contributed by atoms with Crippen molar-refractivity contribution in [1.82, 2.24) is 9.88 Å². The number of anilines is 1. The van der Waals surface area contributed by atoms with Gasteiger partial charge in [-0.2, -0.15) is 0 Å². The highest BCUT2D eigenvalue weighted by Gasteiger charge is 2.38. The minimum Gasteiger partial charge on any atom is -0.496 e. The van der Waals surface area contributed by atoms with Crippen LogP contribution in [-0.4, -0.2) is 28.9 Å². The zero-order valence-electron chi connectivity index (χ0n) is 15.5. The first-order chi connectivity index (χ1) is 13.6. The van der Waals surface area contributed by atoms with E-state index >= 15 is 0 Å². The van der Waals surface area contributed by atoms with E-state index < -0.39 is 5.82 Å². The number of fused-ring (bicyclic) bond motifs is 2. The topological polar surface area (TPSA) is 68.5 Å². The number of ether oxygens (including phenoxy) is 1. The van der Waals surface area contributed by atoms with Gasteiger partial charge in [-0.1, -0.05) is 18.2 Å². The molecular weight excluding hydrogens is 357 g/mol. The Morgan fingerprint density at radius 2 is 1.96 bits per heavy atom. The largest absolute Gasteiger partial charge is 0.496 e. The Labute approximate surface area is 161 Å². The van der Waals surface area contributed by atoms with Crippen LogP contribution in [0.15, 0.2) is 36.4 Å². The number of methoxy groups -OCH3 is 1. The molecule has 5 nitrogen and oxygen atoms in total. The molecule has 28 heavy (non-hydrogen) atoms. The number of benzene rings is 2. The Bertz CT molecular complexity index is 1120. The molecule has 2 aliphatic rings. The van der Waals surface area contributed by atoms with Crippen molar-refractivity contribution in [3.05, 3.63) is 53.5 Å². The van der Waals surface area contributed by atoms with E-state index in [4.69, 9.17) is 15.5 Å². The molecule has 2 N–H and O–H groups in total. The zero-order chi connectivity index (χ0) is 19.4. The van der Waals surface area contributed by atoms with Gasteiger partial charge in [0.2, 0.25) is 0 Å². The first-order valence-corrected chi connectivity index (χ1v) is 9.45. The van der Waals surface area contributed by atoms with E-state index in [1.807, 2.05) is 17.0 Å². The standard InChI is InChI=1S/C22H20FN3O2/c1-28-17-8-3-2-7-13(17)18-15(23)10-9-14-20(24)19-16(25-21(14)18)11-26(22(19)27)12-5-4-6-12/h2-3,7-10,12H,4-6,11H2,1H3,(H2,24,25). The second kappa shape index (κ2) is 6.19. The van der Waals surface area contributed by atoms with Crippen LogP contribution in [-0.2, 0) is 6.54 Å². The molecule has 0 radical (unpaired) electrons. The molecule has 6 heteroatoms. The van der Waals surface area contributed by atoms with Crippen molar-refractivity contribution in [2.45, 2.75) is 31.8 Å². The number of nitrogens with two attached hydrogens (primary N) is 1. The molecule has 2 aromatic carbocycles. The SMILES string of the molecule is COc1ccccc1-c1c(F)ccc2c(N)c3c(nc12)CN(C1CCC1)C3=O. The summed E-state index contributed by atoms with van der Waals surface area (Å²) in [5.74, 6) is 0.0979. The lowest BCUT2D eigenvalue weighted by atomic mass is 9.92. The van der Waals surface area contributed by atoms with Gasteiger partial charge in [-0.05, 0) is 37.5 Å². The Kier molecular flexibility index (Phi) is 3.75. The maximum atomic E-state index is 14.9. The third-order valence-electron chi connectivity index (χ3n) is 5.91. The first-order valence-electron chi connectivity index (χ1n) is 9.45. The van der Waals surface area contributed by atoms with Crippen molar-refractivity contribution in [2.24, 2.45) is 0 Å². The number of nitrogen functional groups attached to an aromatic ring is 1. The average molecular weight is 377 g/mol. The van der Waals surface area contributed by atoms with E-state index in [1.165, 1.54) is 6.07 Å². The molecule has 142 valence electrons. The van der Waals surface area contributed by atoms with Gasteiger partial charge in [0.25, 0.3) is 5.91 Å². The van der Waals surface area contributed by atoms with E-state index in [1.54, 1.807) is 25.3 Å². The lowest BCUT2D eigenvalue weighted by Gasteiger charge is -2.34. The fourth-order valence-corrected chi connectivity index (χ4v) is 4.21. The molecule has 1 saturated carbocycles. The van der Waals surface area contributed by atoms with Gasteiger partial charge in [0.05, 0.1) is 36.1 Å². The number of carbonyl (C=O) groups is 1.